The molecule has 0 fully saturated rings. The summed E-state index contributed by atoms with van der Waals surface area (Å²) in [5.41, 5.74) is 3.32. The zero-order valence-corrected chi connectivity index (χ0v) is 10.5. The van der Waals surface area contributed by atoms with E-state index in [-0.39, 0.29) is 5.38 Å². The van der Waals surface area contributed by atoms with Gasteiger partial charge in [-0.1, -0.05) is 48.0 Å². The Morgan fingerprint density at radius 2 is 1.69 bits per heavy atom. The maximum absolute atomic E-state index is 6.45. The van der Waals surface area contributed by atoms with Crippen molar-refractivity contribution in [1.29, 1.82) is 0 Å². The van der Waals surface area contributed by atoms with Crippen molar-refractivity contribution in [1.82, 2.24) is 0 Å². The molecule has 82 valence electrons. The molecule has 1 unspecified atom stereocenters. The summed E-state index contributed by atoms with van der Waals surface area (Å²) in [4.78, 5) is 0. The van der Waals surface area contributed by atoms with Gasteiger partial charge in [0.1, 0.15) is 0 Å². The van der Waals surface area contributed by atoms with E-state index in [0.29, 0.717) is 0 Å². The van der Waals surface area contributed by atoms with Gasteiger partial charge in [0.15, 0.2) is 0 Å². The average molecular weight is 251 g/mol. The number of halogens is 2. The van der Waals surface area contributed by atoms with E-state index < -0.39 is 0 Å². The van der Waals surface area contributed by atoms with Crippen LogP contribution in [0.2, 0.25) is 5.02 Å². The number of hydrogen-bond acceptors (Lipinski definition) is 0. The summed E-state index contributed by atoms with van der Waals surface area (Å²) in [7, 11) is 0. The first kappa shape index (κ1) is 11.5. The molecule has 0 saturated carbocycles. The lowest BCUT2D eigenvalue weighted by Crippen LogP contribution is -1.95. The molecule has 0 heterocycles. The summed E-state index contributed by atoms with van der Waals surface area (Å²) in [5.74, 6) is 0. The van der Waals surface area contributed by atoms with Crippen molar-refractivity contribution >= 4 is 23.2 Å². The summed E-state index contributed by atoms with van der Waals surface area (Å²) in [6, 6.07) is 15.8. The van der Waals surface area contributed by atoms with Gasteiger partial charge in [-0.05, 0) is 35.7 Å². The molecule has 16 heavy (non-hydrogen) atoms. The monoisotopic (exact) mass is 250 g/mol. The molecule has 0 aliphatic carbocycles. The maximum Gasteiger partial charge on any atom is 0.0838 e. The maximum atomic E-state index is 6.45. The lowest BCUT2D eigenvalue weighted by atomic mass is 10.0. The first-order valence-electron chi connectivity index (χ1n) is 5.13. The van der Waals surface area contributed by atoms with Crippen molar-refractivity contribution in [2.75, 3.05) is 0 Å². The fraction of sp³-hybridized carbons (Fsp3) is 0.143. The standard InChI is InChI=1S/C14H12Cl2/c1-10-7-8-12(15)9-13(10)14(16)11-5-3-2-4-6-11/h2-9,14H,1H3. The molecular formula is C14H12Cl2. The zero-order valence-electron chi connectivity index (χ0n) is 8.95. The Morgan fingerprint density at radius 3 is 2.38 bits per heavy atom. The summed E-state index contributed by atoms with van der Waals surface area (Å²) in [6.45, 7) is 2.05. The zero-order chi connectivity index (χ0) is 11.5. The van der Waals surface area contributed by atoms with E-state index in [1.807, 2.05) is 55.5 Å². The summed E-state index contributed by atoms with van der Waals surface area (Å²) in [5, 5.41) is 0.585. The van der Waals surface area contributed by atoms with E-state index in [9.17, 15) is 0 Å². The number of aryl methyl sites for hydroxylation is 1. The molecule has 0 nitrogen and oxygen atoms in total. The Hall–Kier alpha value is -0.980. The minimum atomic E-state index is -0.139. The molecule has 0 bridgehead atoms. The molecule has 2 heteroatoms. The van der Waals surface area contributed by atoms with Gasteiger partial charge in [0.05, 0.1) is 5.38 Å². The van der Waals surface area contributed by atoms with Crippen LogP contribution in [0.4, 0.5) is 0 Å². The van der Waals surface area contributed by atoms with E-state index >= 15 is 0 Å². The Morgan fingerprint density at radius 1 is 1.00 bits per heavy atom. The Balaban J connectivity index is 2.41. The van der Waals surface area contributed by atoms with Crippen LogP contribution in [-0.2, 0) is 0 Å². The molecule has 0 N–H and O–H groups in total. The number of benzene rings is 2. The van der Waals surface area contributed by atoms with Crippen molar-refractivity contribution in [2.24, 2.45) is 0 Å². The average Bonchev–Trinajstić information content (AvgIpc) is 2.32. The van der Waals surface area contributed by atoms with Gasteiger partial charge < -0.3 is 0 Å². The fourth-order valence-corrected chi connectivity index (χ4v) is 2.25. The molecule has 2 aromatic rings. The summed E-state index contributed by atoms with van der Waals surface area (Å²) in [6.07, 6.45) is 0. The summed E-state index contributed by atoms with van der Waals surface area (Å²) >= 11 is 12.4. The second kappa shape index (κ2) is 4.90. The van der Waals surface area contributed by atoms with Crippen LogP contribution >= 0.6 is 23.2 Å². The van der Waals surface area contributed by atoms with E-state index in [4.69, 9.17) is 23.2 Å². The second-order valence-electron chi connectivity index (χ2n) is 3.77. The Bertz CT molecular complexity index is 477. The second-order valence-corrected chi connectivity index (χ2v) is 4.65. The molecule has 0 aliphatic rings. The van der Waals surface area contributed by atoms with Crippen molar-refractivity contribution in [3.8, 4) is 0 Å². The van der Waals surface area contributed by atoms with Crippen LogP contribution in [0.15, 0.2) is 48.5 Å². The van der Waals surface area contributed by atoms with Gasteiger partial charge in [0.25, 0.3) is 0 Å². The predicted octanol–water partition coefficient (Wildman–Crippen LogP) is 4.98. The number of hydrogen-bond donors (Lipinski definition) is 0. The third-order valence-electron chi connectivity index (χ3n) is 2.61. The van der Waals surface area contributed by atoms with Crippen molar-refractivity contribution < 1.29 is 0 Å². The highest BCUT2D eigenvalue weighted by molar-refractivity contribution is 6.31. The van der Waals surface area contributed by atoms with Gasteiger partial charge in [-0.25, -0.2) is 0 Å². The molecule has 1 atom stereocenters. The largest absolute Gasteiger partial charge is 0.113 e. The van der Waals surface area contributed by atoms with Crippen molar-refractivity contribution in [3.05, 3.63) is 70.2 Å². The SMILES string of the molecule is Cc1ccc(Cl)cc1C(Cl)c1ccccc1. The minimum absolute atomic E-state index is 0.139. The van der Waals surface area contributed by atoms with Crippen LogP contribution in [0.25, 0.3) is 0 Å². The normalized spacial score (nSPS) is 12.4. The van der Waals surface area contributed by atoms with Gasteiger partial charge in [-0.3, -0.25) is 0 Å². The fourth-order valence-electron chi connectivity index (χ4n) is 1.69. The van der Waals surface area contributed by atoms with E-state index in [1.165, 1.54) is 0 Å². The highest BCUT2D eigenvalue weighted by Gasteiger charge is 2.12. The molecule has 2 rings (SSSR count). The van der Waals surface area contributed by atoms with Crippen molar-refractivity contribution in [3.63, 3.8) is 0 Å². The smallest absolute Gasteiger partial charge is 0.0838 e. The highest BCUT2D eigenvalue weighted by Crippen LogP contribution is 2.32. The van der Waals surface area contributed by atoms with E-state index in [0.717, 1.165) is 21.7 Å². The van der Waals surface area contributed by atoms with Crippen LogP contribution in [0.1, 0.15) is 22.1 Å². The summed E-state index contributed by atoms with van der Waals surface area (Å²) < 4.78 is 0. The van der Waals surface area contributed by atoms with Gasteiger partial charge in [-0.2, -0.15) is 0 Å². The lowest BCUT2D eigenvalue weighted by molar-refractivity contribution is 1.11. The van der Waals surface area contributed by atoms with Gasteiger partial charge in [0, 0.05) is 5.02 Å². The van der Waals surface area contributed by atoms with Crippen LogP contribution in [0.3, 0.4) is 0 Å². The third-order valence-corrected chi connectivity index (χ3v) is 3.33. The topological polar surface area (TPSA) is 0 Å². The molecular weight excluding hydrogens is 239 g/mol. The van der Waals surface area contributed by atoms with Gasteiger partial charge in [-0.15, -0.1) is 11.6 Å². The lowest BCUT2D eigenvalue weighted by Gasteiger charge is -2.13. The van der Waals surface area contributed by atoms with E-state index in [2.05, 4.69) is 0 Å². The Kier molecular flexibility index (Phi) is 3.52. The molecule has 0 spiro atoms. The van der Waals surface area contributed by atoms with Crippen LogP contribution in [0.5, 0.6) is 0 Å². The highest BCUT2D eigenvalue weighted by atomic mass is 35.5. The number of rotatable bonds is 2. The van der Waals surface area contributed by atoms with Crippen LogP contribution in [-0.4, -0.2) is 0 Å². The van der Waals surface area contributed by atoms with Gasteiger partial charge in [0.2, 0.25) is 0 Å². The number of alkyl halides is 1. The third kappa shape index (κ3) is 2.40. The van der Waals surface area contributed by atoms with Gasteiger partial charge >= 0.3 is 0 Å². The quantitative estimate of drug-likeness (QED) is 0.660. The molecule has 0 radical (unpaired) electrons. The molecule has 0 amide bonds. The first-order valence-corrected chi connectivity index (χ1v) is 5.95. The van der Waals surface area contributed by atoms with Crippen LogP contribution < -0.4 is 0 Å². The van der Waals surface area contributed by atoms with Crippen LogP contribution in [0, 0.1) is 6.92 Å². The molecule has 0 aliphatic heterocycles. The predicted molar refractivity (Wildman–Crippen MR) is 70.3 cm³/mol. The molecule has 0 aromatic heterocycles. The Labute approximate surface area is 106 Å². The molecule has 2 aromatic carbocycles. The van der Waals surface area contributed by atoms with E-state index in [1.54, 1.807) is 0 Å². The minimum Gasteiger partial charge on any atom is -0.113 e. The van der Waals surface area contributed by atoms with Crippen molar-refractivity contribution in [2.45, 2.75) is 12.3 Å². The first-order chi connectivity index (χ1) is 7.68. The molecule has 0 saturated heterocycles.